The molecule has 1 heterocycles. The van der Waals surface area contributed by atoms with E-state index < -0.39 is 0 Å². The Labute approximate surface area is 141 Å². The standard InChI is InChI=1S/C20H18N2O2/c1-24-18-12-10-17(11-13-18)20(23)22(19-9-5-6-14-21-19)15-16-7-3-2-4-8-16/h2-14H,15H2,1H3. The maximum atomic E-state index is 13.0. The summed E-state index contributed by atoms with van der Waals surface area (Å²) in [4.78, 5) is 19.0. The number of hydrogen-bond acceptors (Lipinski definition) is 3. The topological polar surface area (TPSA) is 42.4 Å². The van der Waals surface area contributed by atoms with Gasteiger partial charge in [0, 0.05) is 11.8 Å². The lowest BCUT2D eigenvalue weighted by molar-refractivity contribution is 0.0984. The highest BCUT2D eigenvalue weighted by atomic mass is 16.5. The molecule has 0 aliphatic carbocycles. The lowest BCUT2D eigenvalue weighted by Crippen LogP contribution is -2.31. The second-order valence-electron chi connectivity index (χ2n) is 5.29. The molecule has 0 unspecified atom stereocenters. The Bertz CT molecular complexity index is 787. The SMILES string of the molecule is COc1ccc(C(=O)N(Cc2ccccc2)c2ccccn2)cc1. The molecule has 0 saturated carbocycles. The first-order valence-electron chi connectivity index (χ1n) is 7.69. The zero-order valence-electron chi connectivity index (χ0n) is 13.4. The van der Waals surface area contributed by atoms with E-state index >= 15 is 0 Å². The second-order valence-corrected chi connectivity index (χ2v) is 5.29. The van der Waals surface area contributed by atoms with Gasteiger partial charge in [-0.05, 0) is 42.0 Å². The smallest absolute Gasteiger partial charge is 0.259 e. The Hall–Kier alpha value is -3.14. The normalized spacial score (nSPS) is 10.2. The molecule has 0 spiro atoms. The van der Waals surface area contributed by atoms with Crippen LogP contribution in [0.5, 0.6) is 5.75 Å². The van der Waals surface area contributed by atoms with Gasteiger partial charge in [0.25, 0.3) is 5.91 Å². The minimum absolute atomic E-state index is 0.0970. The quantitative estimate of drug-likeness (QED) is 0.715. The largest absolute Gasteiger partial charge is 0.497 e. The van der Waals surface area contributed by atoms with E-state index in [-0.39, 0.29) is 5.91 Å². The first kappa shape index (κ1) is 15.7. The molecule has 3 rings (SSSR count). The van der Waals surface area contributed by atoms with Crippen molar-refractivity contribution in [3.05, 3.63) is 90.1 Å². The summed E-state index contributed by atoms with van der Waals surface area (Å²) in [7, 11) is 1.60. The van der Waals surface area contributed by atoms with Crippen molar-refractivity contribution >= 4 is 11.7 Å². The van der Waals surface area contributed by atoms with Crippen molar-refractivity contribution in [1.82, 2.24) is 4.98 Å². The Morgan fingerprint density at radius 1 is 0.958 bits per heavy atom. The number of rotatable bonds is 5. The summed E-state index contributed by atoms with van der Waals surface area (Å²) < 4.78 is 5.15. The summed E-state index contributed by atoms with van der Waals surface area (Å²) in [5.74, 6) is 1.25. The van der Waals surface area contributed by atoms with E-state index in [4.69, 9.17) is 4.74 Å². The predicted molar refractivity (Wildman–Crippen MR) is 94.2 cm³/mol. The van der Waals surface area contributed by atoms with E-state index in [1.165, 1.54) is 0 Å². The van der Waals surface area contributed by atoms with Crippen LogP contribution in [-0.4, -0.2) is 18.0 Å². The van der Waals surface area contributed by atoms with Gasteiger partial charge in [-0.1, -0.05) is 36.4 Å². The average Bonchev–Trinajstić information content (AvgIpc) is 2.67. The fraction of sp³-hybridized carbons (Fsp3) is 0.100. The number of hydrogen-bond donors (Lipinski definition) is 0. The first-order chi connectivity index (χ1) is 11.8. The number of methoxy groups -OCH3 is 1. The third-order valence-electron chi connectivity index (χ3n) is 3.69. The Balaban J connectivity index is 1.92. The van der Waals surface area contributed by atoms with Crippen LogP contribution in [-0.2, 0) is 6.54 Å². The highest BCUT2D eigenvalue weighted by Crippen LogP contribution is 2.19. The molecule has 1 aromatic heterocycles. The number of pyridine rings is 1. The van der Waals surface area contributed by atoms with Crippen molar-refractivity contribution in [2.75, 3.05) is 12.0 Å². The highest BCUT2D eigenvalue weighted by molar-refractivity contribution is 6.05. The molecule has 4 nitrogen and oxygen atoms in total. The number of ether oxygens (including phenoxy) is 1. The number of carbonyl (C=O) groups excluding carboxylic acids is 1. The molecule has 0 aliphatic rings. The highest BCUT2D eigenvalue weighted by Gasteiger charge is 2.19. The van der Waals surface area contributed by atoms with Gasteiger partial charge >= 0.3 is 0 Å². The monoisotopic (exact) mass is 318 g/mol. The van der Waals surface area contributed by atoms with E-state index in [0.717, 1.165) is 11.3 Å². The summed E-state index contributed by atoms with van der Waals surface area (Å²) in [6, 6.07) is 22.5. The van der Waals surface area contributed by atoms with Crippen LogP contribution in [0.1, 0.15) is 15.9 Å². The fourth-order valence-corrected chi connectivity index (χ4v) is 2.43. The molecule has 0 saturated heterocycles. The lowest BCUT2D eigenvalue weighted by atomic mass is 10.1. The van der Waals surface area contributed by atoms with Crippen LogP contribution in [0.2, 0.25) is 0 Å². The van der Waals surface area contributed by atoms with Gasteiger partial charge in [-0.25, -0.2) is 4.98 Å². The molecular formula is C20H18N2O2. The van der Waals surface area contributed by atoms with Gasteiger partial charge in [-0.3, -0.25) is 9.69 Å². The number of carbonyl (C=O) groups is 1. The fourth-order valence-electron chi connectivity index (χ4n) is 2.43. The molecule has 0 fully saturated rings. The van der Waals surface area contributed by atoms with E-state index in [9.17, 15) is 4.79 Å². The average molecular weight is 318 g/mol. The molecule has 24 heavy (non-hydrogen) atoms. The van der Waals surface area contributed by atoms with Crippen LogP contribution in [0.25, 0.3) is 0 Å². The molecule has 0 radical (unpaired) electrons. The molecule has 120 valence electrons. The lowest BCUT2D eigenvalue weighted by Gasteiger charge is -2.22. The molecule has 3 aromatic rings. The summed E-state index contributed by atoms with van der Waals surface area (Å²) in [5, 5.41) is 0. The van der Waals surface area contributed by atoms with E-state index in [1.54, 1.807) is 42.5 Å². The van der Waals surface area contributed by atoms with Gasteiger partial charge in [0.1, 0.15) is 11.6 Å². The van der Waals surface area contributed by atoms with Crippen molar-refractivity contribution in [1.29, 1.82) is 0 Å². The Morgan fingerprint density at radius 3 is 2.29 bits per heavy atom. The minimum Gasteiger partial charge on any atom is -0.497 e. The van der Waals surface area contributed by atoms with Crippen LogP contribution in [0, 0.1) is 0 Å². The van der Waals surface area contributed by atoms with Crippen molar-refractivity contribution in [2.45, 2.75) is 6.54 Å². The van der Waals surface area contributed by atoms with Crippen LogP contribution < -0.4 is 9.64 Å². The molecule has 2 aromatic carbocycles. The van der Waals surface area contributed by atoms with E-state index in [1.807, 2.05) is 48.5 Å². The van der Waals surface area contributed by atoms with Gasteiger partial charge in [-0.15, -0.1) is 0 Å². The zero-order valence-corrected chi connectivity index (χ0v) is 13.4. The van der Waals surface area contributed by atoms with Crippen LogP contribution in [0.3, 0.4) is 0 Å². The second kappa shape index (κ2) is 7.42. The zero-order chi connectivity index (χ0) is 16.8. The number of anilines is 1. The van der Waals surface area contributed by atoms with Crippen molar-refractivity contribution < 1.29 is 9.53 Å². The first-order valence-corrected chi connectivity index (χ1v) is 7.69. The van der Waals surface area contributed by atoms with E-state index in [2.05, 4.69) is 4.98 Å². The maximum Gasteiger partial charge on any atom is 0.259 e. The number of aromatic nitrogens is 1. The number of nitrogens with zero attached hydrogens (tertiary/aromatic N) is 2. The summed E-state index contributed by atoms with van der Waals surface area (Å²) in [5.41, 5.74) is 1.64. The van der Waals surface area contributed by atoms with Crippen LogP contribution >= 0.6 is 0 Å². The number of benzene rings is 2. The van der Waals surface area contributed by atoms with Crippen LogP contribution in [0.4, 0.5) is 5.82 Å². The third-order valence-corrected chi connectivity index (χ3v) is 3.69. The maximum absolute atomic E-state index is 13.0. The van der Waals surface area contributed by atoms with Gasteiger partial charge < -0.3 is 4.74 Å². The molecule has 0 bridgehead atoms. The van der Waals surface area contributed by atoms with Crippen molar-refractivity contribution in [3.8, 4) is 5.75 Å². The van der Waals surface area contributed by atoms with Crippen molar-refractivity contribution in [2.24, 2.45) is 0 Å². The molecule has 4 heteroatoms. The molecule has 0 N–H and O–H groups in total. The summed E-state index contributed by atoms with van der Waals surface area (Å²) in [6.45, 7) is 0.461. The summed E-state index contributed by atoms with van der Waals surface area (Å²) >= 11 is 0. The van der Waals surface area contributed by atoms with Crippen LogP contribution in [0.15, 0.2) is 79.0 Å². The Morgan fingerprint density at radius 2 is 1.67 bits per heavy atom. The van der Waals surface area contributed by atoms with E-state index in [0.29, 0.717) is 17.9 Å². The molecule has 0 atom stereocenters. The summed E-state index contributed by atoms with van der Waals surface area (Å²) in [6.07, 6.45) is 1.69. The molecule has 1 amide bonds. The minimum atomic E-state index is -0.0970. The Kier molecular flexibility index (Phi) is 4.87. The number of amides is 1. The van der Waals surface area contributed by atoms with Gasteiger partial charge in [0.15, 0.2) is 0 Å². The molecular weight excluding hydrogens is 300 g/mol. The predicted octanol–water partition coefficient (Wildman–Crippen LogP) is 3.94. The van der Waals surface area contributed by atoms with Gasteiger partial charge in [0.2, 0.25) is 0 Å². The third kappa shape index (κ3) is 3.60. The van der Waals surface area contributed by atoms with Crippen molar-refractivity contribution in [3.63, 3.8) is 0 Å². The van der Waals surface area contributed by atoms with Gasteiger partial charge in [0.05, 0.1) is 13.7 Å². The van der Waals surface area contributed by atoms with Gasteiger partial charge in [-0.2, -0.15) is 0 Å². The molecule has 0 aliphatic heterocycles.